The van der Waals surface area contributed by atoms with Crippen LogP contribution in [-0.4, -0.2) is 5.91 Å². The molecular formula is C20H16N2O2. The van der Waals surface area contributed by atoms with Gasteiger partial charge in [-0.2, -0.15) is 0 Å². The van der Waals surface area contributed by atoms with Crippen molar-refractivity contribution >= 4 is 17.3 Å². The Labute approximate surface area is 140 Å². The van der Waals surface area contributed by atoms with Crippen LogP contribution >= 0.6 is 0 Å². The number of benzene rings is 3. The fraction of sp³-hybridized carbons (Fsp3) is 0.0500. The largest absolute Gasteiger partial charge is 0.457 e. The number of carbonyl (C=O) groups is 1. The Morgan fingerprint density at radius 3 is 2.25 bits per heavy atom. The summed E-state index contributed by atoms with van der Waals surface area (Å²) in [6, 6.07) is 24.6. The van der Waals surface area contributed by atoms with Gasteiger partial charge in [-0.1, -0.05) is 36.4 Å². The molecule has 1 aliphatic heterocycles. The lowest BCUT2D eigenvalue weighted by atomic mass is 10.1. The fourth-order valence-electron chi connectivity index (χ4n) is 2.76. The minimum atomic E-state index is -0.373. The van der Waals surface area contributed by atoms with Crippen molar-refractivity contribution in [1.29, 1.82) is 0 Å². The molecule has 4 rings (SSSR count). The first-order valence-corrected chi connectivity index (χ1v) is 7.79. The summed E-state index contributed by atoms with van der Waals surface area (Å²) in [4.78, 5) is 12.1. The molecule has 0 aliphatic carbocycles. The average Bonchev–Trinajstić information content (AvgIpc) is 2.93. The van der Waals surface area contributed by atoms with E-state index in [1.165, 1.54) is 0 Å². The van der Waals surface area contributed by atoms with Crippen LogP contribution < -0.4 is 15.4 Å². The zero-order valence-electron chi connectivity index (χ0n) is 12.9. The number of ether oxygens (including phenoxy) is 1. The van der Waals surface area contributed by atoms with Gasteiger partial charge in [-0.25, -0.2) is 0 Å². The summed E-state index contributed by atoms with van der Waals surface area (Å²) in [6.07, 6.45) is 0. The number of amides is 1. The number of nitrogens with one attached hydrogen (secondary N) is 2. The topological polar surface area (TPSA) is 50.4 Å². The van der Waals surface area contributed by atoms with Gasteiger partial charge >= 0.3 is 0 Å². The Morgan fingerprint density at radius 2 is 1.46 bits per heavy atom. The van der Waals surface area contributed by atoms with Crippen molar-refractivity contribution in [2.75, 3.05) is 10.6 Å². The maximum atomic E-state index is 12.1. The highest BCUT2D eigenvalue weighted by Gasteiger charge is 2.29. The molecule has 4 nitrogen and oxygen atoms in total. The summed E-state index contributed by atoms with van der Waals surface area (Å²) < 4.78 is 5.77. The minimum Gasteiger partial charge on any atom is -0.457 e. The Hall–Kier alpha value is -3.27. The summed E-state index contributed by atoms with van der Waals surface area (Å²) in [5.74, 6) is 1.51. The second-order valence-electron chi connectivity index (χ2n) is 5.59. The summed E-state index contributed by atoms with van der Waals surface area (Å²) in [6.45, 7) is 0. The van der Waals surface area contributed by atoms with E-state index in [2.05, 4.69) is 10.6 Å². The number of fused-ring (bicyclic) bond motifs is 1. The van der Waals surface area contributed by atoms with Crippen LogP contribution in [0.25, 0.3) is 0 Å². The lowest BCUT2D eigenvalue weighted by Crippen LogP contribution is -2.19. The third-order valence-electron chi connectivity index (χ3n) is 3.94. The normalized spacial score (nSPS) is 15.5. The molecule has 0 aromatic heterocycles. The lowest BCUT2D eigenvalue weighted by molar-refractivity contribution is -0.116. The first kappa shape index (κ1) is 14.3. The fourth-order valence-corrected chi connectivity index (χ4v) is 2.76. The average molecular weight is 316 g/mol. The molecule has 0 fully saturated rings. The zero-order chi connectivity index (χ0) is 16.4. The monoisotopic (exact) mass is 316 g/mol. The number of anilines is 2. The predicted octanol–water partition coefficient (Wildman–Crippen LogP) is 4.58. The summed E-state index contributed by atoms with van der Waals surface area (Å²) in [5, 5.41) is 6.16. The standard InChI is InChI=1S/C20H16N2O2/c23-20-19(17-8-4-5-9-18(17)22-20)21-14-10-12-16(13-11-14)24-15-6-2-1-3-7-15/h1-13,19,21H,(H,22,23). The number of hydrogen-bond donors (Lipinski definition) is 2. The van der Waals surface area contributed by atoms with Crippen LogP contribution in [0.15, 0.2) is 78.9 Å². The van der Waals surface area contributed by atoms with Crippen molar-refractivity contribution in [3.8, 4) is 11.5 Å². The molecular weight excluding hydrogens is 300 g/mol. The second kappa shape index (κ2) is 6.08. The van der Waals surface area contributed by atoms with E-state index in [-0.39, 0.29) is 11.9 Å². The molecule has 4 heteroatoms. The molecule has 24 heavy (non-hydrogen) atoms. The zero-order valence-corrected chi connectivity index (χ0v) is 12.9. The van der Waals surface area contributed by atoms with E-state index in [0.717, 1.165) is 28.4 Å². The van der Waals surface area contributed by atoms with Gasteiger partial charge in [0.05, 0.1) is 0 Å². The molecule has 0 saturated heterocycles. The summed E-state index contributed by atoms with van der Waals surface area (Å²) in [7, 11) is 0. The maximum Gasteiger partial charge on any atom is 0.251 e. The van der Waals surface area contributed by atoms with Crippen molar-refractivity contribution in [3.63, 3.8) is 0 Å². The minimum absolute atomic E-state index is 0.0409. The van der Waals surface area contributed by atoms with Gasteiger partial charge < -0.3 is 15.4 Å². The van der Waals surface area contributed by atoms with E-state index in [1.54, 1.807) is 0 Å². The highest BCUT2D eigenvalue weighted by atomic mass is 16.5. The summed E-state index contributed by atoms with van der Waals surface area (Å²) in [5.41, 5.74) is 2.70. The van der Waals surface area contributed by atoms with Crippen LogP contribution in [0.5, 0.6) is 11.5 Å². The SMILES string of the molecule is O=C1Nc2ccccc2C1Nc1ccc(Oc2ccccc2)cc1. The molecule has 1 atom stereocenters. The Balaban J connectivity index is 1.49. The smallest absolute Gasteiger partial charge is 0.251 e. The molecule has 0 bridgehead atoms. The molecule has 1 aliphatic rings. The summed E-state index contributed by atoms with van der Waals surface area (Å²) >= 11 is 0. The molecule has 1 amide bonds. The quantitative estimate of drug-likeness (QED) is 0.740. The molecule has 0 spiro atoms. The van der Waals surface area contributed by atoms with Gasteiger partial charge in [-0.3, -0.25) is 4.79 Å². The first-order chi connectivity index (χ1) is 11.8. The Kier molecular flexibility index (Phi) is 3.63. The van der Waals surface area contributed by atoms with Crippen LogP contribution in [0.2, 0.25) is 0 Å². The van der Waals surface area contributed by atoms with Crippen LogP contribution in [0.3, 0.4) is 0 Å². The highest BCUT2D eigenvalue weighted by molar-refractivity contribution is 6.04. The number of hydrogen-bond acceptors (Lipinski definition) is 3. The Bertz CT molecular complexity index is 860. The van der Waals surface area contributed by atoms with Crippen LogP contribution in [0.4, 0.5) is 11.4 Å². The van der Waals surface area contributed by atoms with E-state index in [4.69, 9.17) is 4.74 Å². The molecule has 1 heterocycles. The Morgan fingerprint density at radius 1 is 0.792 bits per heavy atom. The number of rotatable bonds is 4. The molecule has 3 aromatic rings. The van der Waals surface area contributed by atoms with Crippen molar-refractivity contribution in [3.05, 3.63) is 84.4 Å². The molecule has 1 unspecified atom stereocenters. The van der Waals surface area contributed by atoms with E-state index >= 15 is 0 Å². The van der Waals surface area contributed by atoms with Crippen LogP contribution in [0.1, 0.15) is 11.6 Å². The van der Waals surface area contributed by atoms with Gasteiger partial charge in [0.2, 0.25) is 0 Å². The molecule has 118 valence electrons. The second-order valence-corrected chi connectivity index (χ2v) is 5.59. The van der Waals surface area contributed by atoms with Gasteiger partial charge in [-0.05, 0) is 42.5 Å². The number of para-hydroxylation sites is 2. The van der Waals surface area contributed by atoms with Gasteiger partial charge in [0.25, 0.3) is 5.91 Å². The van der Waals surface area contributed by atoms with Gasteiger partial charge in [0, 0.05) is 16.9 Å². The third kappa shape index (κ3) is 2.82. The van der Waals surface area contributed by atoms with Gasteiger partial charge in [0.1, 0.15) is 17.5 Å². The predicted molar refractivity (Wildman–Crippen MR) is 94.4 cm³/mol. The van der Waals surface area contributed by atoms with E-state index in [9.17, 15) is 4.79 Å². The highest BCUT2D eigenvalue weighted by Crippen LogP contribution is 2.33. The van der Waals surface area contributed by atoms with Crippen molar-refractivity contribution in [2.24, 2.45) is 0 Å². The molecule has 0 radical (unpaired) electrons. The molecule has 3 aromatic carbocycles. The molecule has 0 saturated carbocycles. The van der Waals surface area contributed by atoms with Gasteiger partial charge in [0.15, 0.2) is 0 Å². The van der Waals surface area contributed by atoms with Gasteiger partial charge in [-0.15, -0.1) is 0 Å². The van der Waals surface area contributed by atoms with Crippen LogP contribution in [0, 0.1) is 0 Å². The van der Waals surface area contributed by atoms with E-state index in [1.807, 2.05) is 78.9 Å². The lowest BCUT2D eigenvalue weighted by Gasteiger charge is -2.13. The van der Waals surface area contributed by atoms with Crippen molar-refractivity contribution < 1.29 is 9.53 Å². The van der Waals surface area contributed by atoms with Crippen LogP contribution in [-0.2, 0) is 4.79 Å². The van der Waals surface area contributed by atoms with E-state index < -0.39 is 0 Å². The van der Waals surface area contributed by atoms with Crippen molar-refractivity contribution in [2.45, 2.75) is 6.04 Å². The van der Waals surface area contributed by atoms with E-state index in [0.29, 0.717) is 0 Å². The number of carbonyl (C=O) groups excluding carboxylic acids is 1. The maximum absolute atomic E-state index is 12.1. The third-order valence-corrected chi connectivity index (χ3v) is 3.94. The first-order valence-electron chi connectivity index (χ1n) is 7.79. The molecule has 2 N–H and O–H groups in total. The van der Waals surface area contributed by atoms with Crippen molar-refractivity contribution in [1.82, 2.24) is 0 Å².